The highest BCUT2D eigenvalue weighted by atomic mass is 35.5. The van der Waals surface area contributed by atoms with Crippen LogP contribution in [0.3, 0.4) is 0 Å². The van der Waals surface area contributed by atoms with Gasteiger partial charge in [0.25, 0.3) is 0 Å². The average Bonchev–Trinajstić information content (AvgIpc) is 2.47. The molecule has 0 heterocycles. The summed E-state index contributed by atoms with van der Waals surface area (Å²) in [6.07, 6.45) is 0.258. The fourth-order valence-electron chi connectivity index (χ4n) is 2.20. The van der Waals surface area contributed by atoms with Crippen molar-refractivity contribution in [3.8, 4) is 5.75 Å². The molecule has 2 rings (SSSR count). The number of halogens is 1. The van der Waals surface area contributed by atoms with E-state index >= 15 is 0 Å². The monoisotopic (exact) mass is 305 g/mol. The van der Waals surface area contributed by atoms with Crippen molar-refractivity contribution in [2.24, 2.45) is 0 Å². The Kier molecular flexibility index (Phi) is 5.62. The highest BCUT2D eigenvalue weighted by molar-refractivity contribution is 6.30. The Hall–Kier alpha value is -1.55. The van der Waals surface area contributed by atoms with Crippen LogP contribution < -0.4 is 5.32 Å². The Labute approximate surface area is 130 Å². The van der Waals surface area contributed by atoms with Gasteiger partial charge in [0.1, 0.15) is 5.75 Å². The first-order chi connectivity index (χ1) is 10.0. The van der Waals surface area contributed by atoms with Gasteiger partial charge in [0.15, 0.2) is 0 Å². The van der Waals surface area contributed by atoms with Gasteiger partial charge in [0, 0.05) is 17.6 Å². The summed E-state index contributed by atoms with van der Waals surface area (Å²) in [6, 6.07) is 14.7. The van der Waals surface area contributed by atoms with Gasteiger partial charge in [-0.15, -0.1) is 0 Å². The zero-order valence-corrected chi connectivity index (χ0v) is 12.7. The molecule has 112 valence electrons. The van der Waals surface area contributed by atoms with Gasteiger partial charge in [0.2, 0.25) is 0 Å². The molecule has 0 aliphatic rings. The Morgan fingerprint density at radius 1 is 1.14 bits per heavy atom. The number of phenols is 1. The highest BCUT2D eigenvalue weighted by Gasteiger charge is 2.10. The van der Waals surface area contributed by atoms with E-state index < -0.39 is 6.10 Å². The number of nitrogens with one attached hydrogen (secondary N) is 1. The van der Waals surface area contributed by atoms with Gasteiger partial charge in [-0.2, -0.15) is 0 Å². The lowest BCUT2D eigenvalue weighted by atomic mass is 10.1. The van der Waals surface area contributed by atoms with Gasteiger partial charge in [-0.1, -0.05) is 35.9 Å². The number of aromatic hydroxyl groups is 1. The van der Waals surface area contributed by atoms with Crippen LogP contribution in [-0.2, 0) is 6.42 Å². The van der Waals surface area contributed by atoms with Crippen LogP contribution in [0.25, 0.3) is 0 Å². The lowest BCUT2D eigenvalue weighted by Gasteiger charge is -2.17. The number of hydrogen-bond acceptors (Lipinski definition) is 3. The van der Waals surface area contributed by atoms with Crippen LogP contribution in [0.4, 0.5) is 0 Å². The molecule has 0 aliphatic heterocycles. The Morgan fingerprint density at radius 3 is 2.52 bits per heavy atom. The fraction of sp³-hybridized carbons (Fsp3) is 0.294. The second-order valence-electron chi connectivity index (χ2n) is 5.25. The van der Waals surface area contributed by atoms with Crippen LogP contribution in [0.2, 0.25) is 5.02 Å². The summed E-state index contributed by atoms with van der Waals surface area (Å²) in [6.45, 7) is 2.54. The molecule has 3 N–H and O–H groups in total. The minimum atomic E-state index is -0.578. The number of benzene rings is 2. The lowest BCUT2D eigenvalue weighted by molar-refractivity contribution is 0.170. The molecule has 0 aromatic heterocycles. The van der Waals surface area contributed by atoms with E-state index in [0.29, 0.717) is 11.6 Å². The molecule has 0 bridgehead atoms. The molecule has 4 heteroatoms. The smallest absolute Gasteiger partial charge is 0.115 e. The normalized spacial score (nSPS) is 13.9. The average molecular weight is 306 g/mol. The van der Waals surface area contributed by atoms with Crippen molar-refractivity contribution in [3.05, 3.63) is 64.7 Å². The largest absolute Gasteiger partial charge is 0.508 e. The van der Waals surface area contributed by atoms with Crippen molar-refractivity contribution in [2.75, 3.05) is 6.54 Å². The van der Waals surface area contributed by atoms with Crippen LogP contribution in [-0.4, -0.2) is 22.8 Å². The molecule has 2 aromatic rings. The molecule has 0 fully saturated rings. The van der Waals surface area contributed by atoms with Crippen molar-refractivity contribution in [1.82, 2.24) is 5.32 Å². The number of aliphatic hydroxyl groups excluding tert-OH is 1. The third kappa shape index (κ3) is 5.05. The van der Waals surface area contributed by atoms with Crippen LogP contribution in [0, 0.1) is 0 Å². The molecule has 0 saturated heterocycles. The van der Waals surface area contributed by atoms with E-state index in [1.54, 1.807) is 24.3 Å². The Bertz CT molecular complexity index is 571. The minimum absolute atomic E-state index is 0.225. The molecule has 0 amide bonds. The quantitative estimate of drug-likeness (QED) is 0.767. The number of hydrogen-bond donors (Lipinski definition) is 3. The summed E-state index contributed by atoms with van der Waals surface area (Å²) in [4.78, 5) is 0. The highest BCUT2D eigenvalue weighted by Crippen LogP contribution is 2.17. The Morgan fingerprint density at radius 2 is 1.86 bits per heavy atom. The van der Waals surface area contributed by atoms with Crippen LogP contribution in [0.5, 0.6) is 5.75 Å². The number of aliphatic hydroxyl groups is 1. The first-order valence-electron chi connectivity index (χ1n) is 6.99. The molecule has 2 aromatic carbocycles. The fourth-order valence-corrected chi connectivity index (χ4v) is 2.40. The summed E-state index contributed by atoms with van der Waals surface area (Å²) in [5.41, 5.74) is 1.96. The van der Waals surface area contributed by atoms with Gasteiger partial charge in [0.05, 0.1) is 6.10 Å². The topological polar surface area (TPSA) is 52.5 Å². The molecule has 1 unspecified atom stereocenters. The van der Waals surface area contributed by atoms with E-state index in [-0.39, 0.29) is 11.8 Å². The third-order valence-electron chi connectivity index (χ3n) is 3.37. The first-order valence-corrected chi connectivity index (χ1v) is 7.37. The summed E-state index contributed by atoms with van der Waals surface area (Å²) >= 11 is 5.92. The van der Waals surface area contributed by atoms with Crippen molar-refractivity contribution >= 4 is 11.6 Å². The van der Waals surface area contributed by atoms with Crippen LogP contribution >= 0.6 is 11.6 Å². The number of phenolic OH excluding ortho intramolecular Hbond substituents is 1. The molecular weight excluding hydrogens is 286 g/mol. The zero-order chi connectivity index (χ0) is 15.2. The van der Waals surface area contributed by atoms with Gasteiger partial charge in [-0.05, 0) is 48.7 Å². The number of rotatable bonds is 6. The Balaban J connectivity index is 1.83. The van der Waals surface area contributed by atoms with Crippen molar-refractivity contribution < 1.29 is 10.2 Å². The molecule has 0 radical (unpaired) electrons. The van der Waals surface area contributed by atoms with Gasteiger partial charge in [-0.25, -0.2) is 0 Å². The molecule has 0 aliphatic carbocycles. The molecule has 0 spiro atoms. The second kappa shape index (κ2) is 7.46. The maximum absolute atomic E-state index is 10.1. The van der Waals surface area contributed by atoms with Gasteiger partial charge < -0.3 is 15.5 Å². The predicted octanol–water partition coefficient (Wildman–Crippen LogP) is 3.30. The lowest BCUT2D eigenvalue weighted by Crippen LogP contribution is -2.32. The minimum Gasteiger partial charge on any atom is -0.508 e. The van der Waals surface area contributed by atoms with E-state index in [0.717, 1.165) is 17.5 Å². The summed E-state index contributed by atoms with van der Waals surface area (Å²) in [7, 11) is 0. The maximum atomic E-state index is 10.1. The first kappa shape index (κ1) is 15.8. The van der Waals surface area contributed by atoms with E-state index in [9.17, 15) is 10.2 Å². The van der Waals surface area contributed by atoms with E-state index in [1.165, 1.54) is 0 Å². The predicted molar refractivity (Wildman–Crippen MR) is 85.7 cm³/mol. The van der Waals surface area contributed by atoms with Gasteiger partial charge >= 0.3 is 0 Å². The van der Waals surface area contributed by atoms with E-state index in [4.69, 9.17) is 11.6 Å². The molecule has 0 saturated carbocycles. The molecule has 21 heavy (non-hydrogen) atoms. The van der Waals surface area contributed by atoms with E-state index in [1.807, 2.05) is 24.3 Å². The van der Waals surface area contributed by atoms with Crippen molar-refractivity contribution in [2.45, 2.75) is 25.5 Å². The SMILES string of the molecule is CC(Cc1ccc(O)cc1)NC[C@H](O)c1cccc(Cl)c1. The van der Waals surface area contributed by atoms with E-state index in [2.05, 4.69) is 12.2 Å². The van der Waals surface area contributed by atoms with Gasteiger partial charge in [-0.3, -0.25) is 0 Å². The second-order valence-corrected chi connectivity index (χ2v) is 5.69. The summed E-state index contributed by atoms with van der Waals surface area (Å²) in [5, 5.41) is 23.3. The van der Waals surface area contributed by atoms with Crippen LogP contribution in [0.15, 0.2) is 48.5 Å². The summed E-state index contributed by atoms with van der Waals surface area (Å²) in [5.74, 6) is 0.274. The standard InChI is InChI=1S/C17H20ClNO2/c1-12(9-13-5-7-16(20)8-6-13)19-11-17(21)14-3-2-4-15(18)10-14/h2-8,10,12,17,19-21H,9,11H2,1H3/t12?,17-/m0/s1. The zero-order valence-electron chi connectivity index (χ0n) is 12.0. The summed E-state index contributed by atoms with van der Waals surface area (Å²) < 4.78 is 0. The van der Waals surface area contributed by atoms with Crippen LogP contribution in [0.1, 0.15) is 24.2 Å². The molecule has 2 atom stereocenters. The van der Waals surface area contributed by atoms with Crippen molar-refractivity contribution in [1.29, 1.82) is 0 Å². The molecule has 3 nitrogen and oxygen atoms in total. The maximum Gasteiger partial charge on any atom is 0.115 e. The third-order valence-corrected chi connectivity index (χ3v) is 3.61. The van der Waals surface area contributed by atoms with Crippen molar-refractivity contribution in [3.63, 3.8) is 0 Å². The molecular formula is C17H20ClNO2.